The van der Waals surface area contributed by atoms with Gasteiger partial charge in [-0.3, -0.25) is 14.6 Å². The molecule has 4 heterocycles. The van der Waals surface area contributed by atoms with Crippen LogP contribution in [-0.4, -0.2) is 86.8 Å². The smallest absolute Gasteiger partial charge is 0.408 e. The molecule has 0 bridgehead atoms. The van der Waals surface area contributed by atoms with Gasteiger partial charge >= 0.3 is 12.1 Å². The Hall–Kier alpha value is -4.94. The summed E-state index contributed by atoms with van der Waals surface area (Å²) in [5.74, 6) is -1.15. The molecule has 3 N–H and O–H groups in total. The fourth-order valence-corrected chi connectivity index (χ4v) is 7.23. The normalized spacial score (nSPS) is 25.8. The summed E-state index contributed by atoms with van der Waals surface area (Å²) in [6.07, 6.45) is 6.04. The summed E-state index contributed by atoms with van der Waals surface area (Å²) in [7, 11) is 1.58. The Morgan fingerprint density at radius 3 is 2.49 bits per heavy atom. The van der Waals surface area contributed by atoms with Crippen molar-refractivity contribution in [2.24, 2.45) is 5.92 Å². The van der Waals surface area contributed by atoms with Gasteiger partial charge in [0.15, 0.2) is 0 Å². The van der Waals surface area contributed by atoms with Crippen LogP contribution in [-0.2, 0) is 19.1 Å². The number of rotatable bonds is 6. The van der Waals surface area contributed by atoms with Crippen molar-refractivity contribution in [2.45, 2.75) is 108 Å². The Labute approximate surface area is 297 Å². The van der Waals surface area contributed by atoms with Gasteiger partial charge < -0.3 is 34.9 Å². The average molecular weight is 702 g/mol. The Morgan fingerprint density at radius 2 is 1.78 bits per heavy atom. The summed E-state index contributed by atoms with van der Waals surface area (Å²) in [6.45, 7) is 5.27. The number of benzene rings is 1. The highest BCUT2D eigenvalue weighted by atomic mass is 16.6. The highest BCUT2D eigenvalue weighted by Gasteiger charge is 2.62. The van der Waals surface area contributed by atoms with E-state index in [2.05, 4.69) is 15.6 Å². The zero-order chi connectivity index (χ0) is 36.3. The molecule has 3 aromatic rings. The first-order valence-corrected chi connectivity index (χ1v) is 17.8. The third kappa shape index (κ3) is 8.18. The fraction of sp³-hybridized carbons (Fsp3) is 0.526. The number of carbonyl (C=O) groups is 4. The second kappa shape index (κ2) is 14.7. The van der Waals surface area contributed by atoms with E-state index in [4.69, 9.17) is 19.2 Å². The molecule has 0 spiro atoms. The lowest BCUT2D eigenvalue weighted by atomic mass is 10.0. The summed E-state index contributed by atoms with van der Waals surface area (Å²) in [5, 5.41) is 16.5. The van der Waals surface area contributed by atoms with Crippen molar-refractivity contribution < 1.29 is 38.5 Å². The Bertz CT molecular complexity index is 1780. The predicted molar refractivity (Wildman–Crippen MR) is 188 cm³/mol. The first-order chi connectivity index (χ1) is 24.4. The number of carboxylic acids is 1. The zero-order valence-electron chi connectivity index (χ0n) is 29.6. The van der Waals surface area contributed by atoms with Crippen LogP contribution in [0.4, 0.5) is 4.79 Å². The van der Waals surface area contributed by atoms with Crippen LogP contribution in [0.15, 0.2) is 48.7 Å². The Kier molecular flexibility index (Phi) is 10.4. The number of nitrogens with one attached hydrogen (secondary N) is 2. The molecular formula is C38H47N5O8. The number of nitrogens with zero attached hydrogens (tertiary/aromatic N) is 3. The number of aliphatic carboxylic acids is 1. The van der Waals surface area contributed by atoms with E-state index in [1.54, 1.807) is 52.3 Å². The molecule has 13 nitrogen and oxygen atoms in total. The van der Waals surface area contributed by atoms with E-state index in [0.29, 0.717) is 59.5 Å². The SMILES string of the molecule is COc1ccc2c(O[C@@H]3CC4C(=O)NC5(C(=O)O)CC5CCCCCCCC(NC(=O)OC(C)(C)C)C(=O)N4C3)cc(-c3ccccn3)nc2c1. The number of carbonyl (C=O) groups excluding carboxylic acids is 3. The average Bonchev–Trinajstić information content (AvgIpc) is 3.63. The Balaban J connectivity index is 1.34. The van der Waals surface area contributed by atoms with Gasteiger partial charge in [-0.05, 0) is 70.2 Å². The molecule has 13 heteroatoms. The number of alkyl carbamates (subject to hydrolysis) is 1. The minimum atomic E-state index is -1.36. The molecule has 1 aliphatic carbocycles. The summed E-state index contributed by atoms with van der Waals surface area (Å²) in [6, 6.07) is 10.8. The molecule has 2 saturated heterocycles. The van der Waals surface area contributed by atoms with Crippen LogP contribution in [0, 0.1) is 5.92 Å². The number of hydrogen-bond donors (Lipinski definition) is 3. The number of pyridine rings is 2. The zero-order valence-corrected chi connectivity index (χ0v) is 29.6. The van der Waals surface area contributed by atoms with Gasteiger partial charge in [0, 0.05) is 30.1 Å². The van der Waals surface area contributed by atoms with Crippen molar-refractivity contribution in [1.29, 1.82) is 0 Å². The maximum absolute atomic E-state index is 14.4. The molecule has 3 fully saturated rings. The van der Waals surface area contributed by atoms with Gasteiger partial charge in [-0.1, -0.05) is 38.2 Å². The van der Waals surface area contributed by atoms with Crippen molar-refractivity contribution >= 4 is 34.8 Å². The molecule has 3 amide bonds. The van der Waals surface area contributed by atoms with Gasteiger partial charge in [0.25, 0.3) is 0 Å². The minimum Gasteiger partial charge on any atom is -0.497 e. The molecule has 2 aromatic heterocycles. The van der Waals surface area contributed by atoms with Crippen molar-refractivity contribution in [1.82, 2.24) is 25.5 Å². The predicted octanol–water partition coefficient (Wildman–Crippen LogP) is 5.25. The number of hydrogen-bond acceptors (Lipinski definition) is 9. The molecular weight excluding hydrogens is 654 g/mol. The highest BCUT2D eigenvalue weighted by Crippen LogP contribution is 2.47. The largest absolute Gasteiger partial charge is 0.497 e. The number of methoxy groups -OCH3 is 1. The molecule has 6 rings (SSSR count). The van der Waals surface area contributed by atoms with Crippen LogP contribution in [0.5, 0.6) is 11.5 Å². The van der Waals surface area contributed by atoms with Crippen LogP contribution in [0.2, 0.25) is 0 Å². The number of amides is 3. The third-order valence-corrected chi connectivity index (χ3v) is 9.92. The molecule has 5 atom stereocenters. The quantitative estimate of drug-likeness (QED) is 0.309. The molecule has 4 unspecified atom stereocenters. The van der Waals surface area contributed by atoms with Gasteiger partial charge in [-0.15, -0.1) is 0 Å². The molecule has 2 aliphatic heterocycles. The lowest BCUT2D eigenvalue weighted by Crippen LogP contribution is -2.56. The molecule has 272 valence electrons. The van der Waals surface area contributed by atoms with Crippen LogP contribution < -0.4 is 20.1 Å². The number of carboxylic acid groups (broad SMARTS) is 1. The lowest BCUT2D eigenvalue weighted by molar-refractivity contribution is -0.146. The second-order valence-corrected chi connectivity index (χ2v) is 14.8. The van der Waals surface area contributed by atoms with Gasteiger partial charge in [-0.2, -0.15) is 0 Å². The number of aromatic nitrogens is 2. The van der Waals surface area contributed by atoms with E-state index in [0.717, 1.165) is 25.7 Å². The van der Waals surface area contributed by atoms with Crippen LogP contribution in [0.3, 0.4) is 0 Å². The highest BCUT2D eigenvalue weighted by molar-refractivity contribution is 5.96. The van der Waals surface area contributed by atoms with Crippen molar-refractivity contribution in [3.63, 3.8) is 0 Å². The van der Waals surface area contributed by atoms with Crippen LogP contribution in [0.1, 0.15) is 78.6 Å². The molecule has 3 aliphatic rings. The first-order valence-electron chi connectivity index (χ1n) is 17.8. The van der Waals surface area contributed by atoms with E-state index in [1.165, 1.54) is 4.90 Å². The van der Waals surface area contributed by atoms with Crippen LogP contribution >= 0.6 is 0 Å². The molecule has 51 heavy (non-hydrogen) atoms. The fourth-order valence-electron chi connectivity index (χ4n) is 7.23. The van der Waals surface area contributed by atoms with Crippen molar-refractivity contribution in [3.05, 3.63) is 48.7 Å². The van der Waals surface area contributed by atoms with Crippen LogP contribution in [0.25, 0.3) is 22.3 Å². The summed E-state index contributed by atoms with van der Waals surface area (Å²) < 4.78 is 17.6. The van der Waals surface area contributed by atoms with E-state index >= 15 is 0 Å². The van der Waals surface area contributed by atoms with Gasteiger partial charge in [-0.25, -0.2) is 14.6 Å². The van der Waals surface area contributed by atoms with Gasteiger partial charge in [0.1, 0.15) is 40.8 Å². The molecule has 1 saturated carbocycles. The van der Waals surface area contributed by atoms with E-state index in [1.807, 2.05) is 24.3 Å². The first kappa shape index (κ1) is 35.9. The summed E-state index contributed by atoms with van der Waals surface area (Å²) in [5.41, 5.74) is -0.331. The van der Waals surface area contributed by atoms with Gasteiger partial charge in [0.2, 0.25) is 11.8 Å². The summed E-state index contributed by atoms with van der Waals surface area (Å²) in [4.78, 5) is 64.7. The van der Waals surface area contributed by atoms with Gasteiger partial charge in [0.05, 0.1) is 30.6 Å². The van der Waals surface area contributed by atoms with E-state index in [9.17, 15) is 24.3 Å². The standard InChI is InChI=1S/C38H47N5O8/c1-37(2,3)51-36(48)41-28-14-9-7-5-6-8-12-23-21-38(23,35(46)47)42-33(44)31-19-25(22-43(31)34(28)45)50-32-20-30(27-13-10-11-17-39-27)40-29-18-24(49-4)15-16-26(29)32/h10-11,13,15-18,20,23,25,28,31H,5-9,12,14,19,21-22H2,1-4H3,(H,41,48)(H,42,44)(H,46,47)/t23?,25-,28?,31?,38?/m1/s1. The van der Waals surface area contributed by atoms with Crippen molar-refractivity contribution in [3.8, 4) is 22.9 Å². The van der Waals surface area contributed by atoms with E-state index < -0.39 is 53.2 Å². The summed E-state index contributed by atoms with van der Waals surface area (Å²) >= 11 is 0. The molecule has 0 radical (unpaired) electrons. The van der Waals surface area contributed by atoms with E-state index in [-0.39, 0.29) is 18.9 Å². The minimum absolute atomic E-state index is 0.0335. The Morgan fingerprint density at radius 1 is 1.02 bits per heavy atom. The maximum Gasteiger partial charge on any atom is 0.408 e. The maximum atomic E-state index is 14.4. The third-order valence-electron chi connectivity index (χ3n) is 9.92. The number of ether oxygens (including phenoxy) is 3. The topological polar surface area (TPSA) is 169 Å². The second-order valence-electron chi connectivity index (χ2n) is 14.8. The van der Waals surface area contributed by atoms with Crippen molar-refractivity contribution in [2.75, 3.05) is 13.7 Å². The molecule has 1 aromatic carbocycles. The monoisotopic (exact) mass is 701 g/mol. The number of fused-ring (bicyclic) bond motifs is 3. The lowest BCUT2D eigenvalue weighted by Gasteiger charge is -2.30.